The van der Waals surface area contributed by atoms with Crippen molar-refractivity contribution in [2.75, 3.05) is 19.5 Å². The van der Waals surface area contributed by atoms with Gasteiger partial charge in [0.2, 0.25) is 0 Å². The summed E-state index contributed by atoms with van der Waals surface area (Å²) < 4.78 is 12.5. The van der Waals surface area contributed by atoms with E-state index in [0.717, 1.165) is 28.4 Å². The number of methoxy groups -OCH3 is 2. The minimum atomic E-state index is -0.0691. The Hall–Kier alpha value is -2.24. The van der Waals surface area contributed by atoms with Gasteiger partial charge in [-0.15, -0.1) is 5.10 Å². The van der Waals surface area contributed by atoms with Crippen LogP contribution >= 0.6 is 0 Å². The number of ether oxygens (including phenoxy) is 2. The molecule has 0 amide bonds. The van der Waals surface area contributed by atoms with Crippen molar-refractivity contribution in [3.05, 3.63) is 29.6 Å². The van der Waals surface area contributed by atoms with Gasteiger partial charge in [0.1, 0.15) is 17.2 Å². The van der Waals surface area contributed by atoms with Gasteiger partial charge in [-0.3, -0.25) is 0 Å². The lowest BCUT2D eigenvalue weighted by Crippen LogP contribution is -2.22. The molecule has 1 aromatic carbocycles. The van der Waals surface area contributed by atoms with E-state index in [9.17, 15) is 0 Å². The van der Waals surface area contributed by atoms with Crippen molar-refractivity contribution in [3.63, 3.8) is 0 Å². The molecular formula is C16H24N4O2. The highest BCUT2D eigenvalue weighted by Crippen LogP contribution is 2.31. The Morgan fingerprint density at radius 2 is 1.91 bits per heavy atom. The highest BCUT2D eigenvalue weighted by atomic mass is 16.5. The third kappa shape index (κ3) is 3.50. The zero-order chi connectivity index (χ0) is 16.3. The summed E-state index contributed by atoms with van der Waals surface area (Å²) in [5.41, 5.74) is 2.81. The normalized spacial score (nSPS) is 11.4. The van der Waals surface area contributed by atoms with E-state index in [1.807, 2.05) is 29.9 Å². The van der Waals surface area contributed by atoms with Crippen LogP contribution in [0.5, 0.6) is 11.5 Å². The van der Waals surface area contributed by atoms with Crippen molar-refractivity contribution >= 4 is 5.69 Å². The monoisotopic (exact) mass is 304 g/mol. The highest BCUT2D eigenvalue weighted by Gasteiger charge is 2.15. The molecule has 0 atom stereocenters. The standard InChI is InChI=1S/C16H24N4O2/c1-11-14(7-13(21-5)8-15(11)22-6)17-9-12-10-20(19-18-12)16(2,3)4/h7-8,10,17H,9H2,1-6H3. The van der Waals surface area contributed by atoms with Crippen LogP contribution < -0.4 is 14.8 Å². The van der Waals surface area contributed by atoms with Crippen molar-refractivity contribution in [1.29, 1.82) is 0 Å². The minimum Gasteiger partial charge on any atom is -0.497 e. The van der Waals surface area contributed by atoms with E-state index in [4.69, 9.17) is 9.47 Å². The number of hydrogen-bond acceptors (Lipinski definition) is 5. The van der Waals surface area contributed by atoms with Crippen molar-refractivity contribution in [2.24, 2.45) is 0 Å². The van der Waals surface area contributed by atoms with Gasteiger partial charge in [-0.05, 0) is 27.7 Å². The van der Waals surface area contributed by atoms with Crippen LogP contribution in [0.4, 0.5) is 5.69 Å². The molecule has 0 bridgehead atoms. The molecule has 1 N–H and O–H groups in total. The molecule has 0 aliphatic rings. The van der Waals surface area contributed by atoms with Crippen LogP contribution in [-0.4, -0.2) is 29.2 Å². The predicted molar refractivity (Wildman–Crippen MR) is 86.6 cm³/mol. The molecule has 120 valence electrons. The number of aromatic nitrogens is 3. The Bertz CT molecular complexity index is 644. The van der Waals surface area contributed by atoms with Gasteiger partial charge >= 0.3 is 0 Å². The number of hydrogen-bond donors (Lipinski definition) is 1. The van der Waals surface area contributed by atoms with E-state index >= 15 is 0 Å². The van der Waals surface area contributed by atoms with Crippen LogP contribution in [0.1, 0.15) is 32.0 Å². The molecule has 22 heavy (non-hydrogen) atoms. The lowest BCUT2D eigenvalue weighted by Gasteiger charge is -2.17. The molecule has 0 fully saturated rings. The molecule has 2 rings (SSSR count). The average molecular weight is 304 g/mol. The second-order valence-corrected chi connectivity index (χ2v) is 6.18. The molecule has 0 radical (unpaired) electrons. The molecule has 6 nitrogen and oxygen atoms in total. The van der Waals surface area contributed by atoms with Gasteiger partial charge in [-0.25, -0.2) is 4.68 Å². The first-order valence-corrected chi connectivity index (χ1v) is 7.23. The number of nitrogens with one attached hydrogen (secondary N) is 1. The molecule has 0 unspecified atom stereocenters. The second kappa shape index (κ2) is 6.25. The molecule has 1 heterocycles. The Morgan fingerprint density at radius 1 is 1.18 bits per heavy atom. The van der Waals surface area contributed by atoms with Crippen LogP contribution in [0, 0.1) is 6.92 Å². The maximum absolute atomic E-state index is 5.38. The van der Waals surface area contributed by atoms with Gasteiger partial charge in [-0.2, -0.15) is 0 Å². The number of nitrogens with zero attached hydrogens (tertiary/aromatic N) is 3. The molecule has 0 saturated heterocycles. The lowest BCUT2D eigenvalue weighted by molar-refractivity contribution is 0.347. The summed E-state index contributed by atoms with van der Waals surface area (Å²) in [6.07, 6.45) is 1.96. The van der Waals surface area contributed by atoms with Gasteiger partial charge < -0.3 is 14.8 Å². The van der Waals surface area contributed by atoms with E-state index in [0.29, 0.717) is 6.54 Å². The summed E-state index contributed by atoms with van der Waals surface area (Å²) in [6.45, 7) is 8.88. The SMILES string of the molecule is COc1cc(NCc2cn(C(C)(C)C)nn2)c(C)c(OC)c1. The van der Waals surface area contributed by atoms with Gasteiger partial charge in [0.25, 0.3) is 0 Å². The summed E-state index contributed by atoms with van der Waals surface area (Å²) in [5, 5.41) is 11.7. The number of anilines is 1. The maximum Gasteiger partial charge on any atom is 0.127 e. The third-order valence-corrected chi connectivity index (χ3v) is 3.48. The van der Waals surface area contributed by atoms with E-state index in [1.165, 1.54) is 0 Å². The summed E-state index contributed by atoms with van der Waals surface area (Å²) in [7, 11) is 3.29. The zero-order valence-corrected chi connectivity index (χ0v) is 14.1. The molecule has 0 aliphatic heterocycles. The predicted octanol–water partition coefficient (Wildman–Crippen LogP) is 2.97. The number of rotatable bonds is 5. The fraction of sp³-hybridized carbons (Fsp3) is 0.500. The van der Waals surface area contributed by atoms with E-state index < -0.39 is 0 Å². The second-order valence-electron chi connectivity index (χ2n) is 6.18. The maximum atomic E-state index is 5.38. The molecule has 2 aromatic rings. The molecule has 6 heteroatoms. The van der Waals surface area contributed by atoms with E-state index in [1.54, 1.807) is 14.2 Å². The fourth-order valence-electron chi connectivity index (χ4n) is 2.07. The van der Waals surface area contributed by atoms with Gasteiger partial charge in [-0.1, -0.05) is 5.21 Å². The highest BCUT2D eigenvalue weighted by molar-refractivity contribution is 5.61. The first-order chi connectivity index (χ1) is 10.3. The van der Waals surface area contributed by atoms with Crippen LogP contribution in [0.2, 0.25) is 0 Å². The van der Waals surface area contributed by atoms with Crippen molar-refractivity contribution in [3.8, 4) is 11.5 Å². The molecule has 0 spiro atoms. The largest absolute Gasteiger partial charge is 0.497 e. The summed E-state index contributed by atoms with van der Waals surface area (Å²) >= 11 is 0. The molecular weight excluding hydrogens is 280 g/mol. The molecule has 0 saturated carbocycles. The topological polar surface area (TPSA) is 61.2 Å². The average Bonchev–Trinajstić information content (AvgIpc) is 2.95. The fourth-order valence-corrected chi connectivity index (χ4v) is 2.07. The van der Waals surface area contributed by atoms with Crippen molar-refractivity contribution < 1.29 is 9.47 Å². The van der Waals surface area contributed by atoms with Crippen molar-refractivity contribution in [1.82, 2.24) is 15.0 Å². The summed E-state index contributed by atoms with van der Waals surface area (Å²) in [4.78, 5) is 0. The third-order valence-electron chi connectivity index (χ3n) is 3.48. The van der Waals surface area contributed by atoms with Crippen LogP contribution in [0.25, 0.3) is 0 Å². The van der Waals surface area contributed by atoms with E-state index in [2.05, 4.69) is 36.4 Å². The summed E-state index contributed by atoms with van der Waals surface area (Å²) in [6, 6.07) is 3.82. The minimum absolute atomic E-state index is 0.0691. The lowest BCUT2D eigenvalue weighted by atomic mass is 10.1. The quantitative estimate of drug-likeness (QED) is 0.920. The Morgan fingerprint density at radius 3 is 2.45 bits per heavy atom. The van der Waals surface area contributed by atoms with Crippen molar-refractivity contribution in [2.45, 2.75) is 39.8 Å². The smallest absolute Gasteiger partial charge is 0.127 e. The van der Waals surface area contributed by atoms with Gasteiger partial charge in [0.05, 0.1) is 32.5 Å². The van der Waals surface area contributed by atoms with Crippen LogP contribution in [0.3, 0.4) is 0 Å². The molecule has 1 aromatic heterocycles. The zero-order valence-electron chi connectivity index (χ0n) is 14.1. The van der Waals surface area contributed by atoms with Crippen LogP contribution in [-0.2, 0) is 12.1 Å². The Labute approximate surface area is 131 Å². The Kier molecular flexibility index (Phi) is 4.59. The summed E-state index contributed by atoms with van der Waals surface area (Å²) in [5.74, 6) is 1.54. The van der Waals surface area contributed by atoms with E-state index in [-0.39, 0.29) is 5.54 Å². The Balaban J connectivity index is 2.16. The number of benzene rings is 1. The van der Waals surface area contributed by atoms with Crippen LogP contribution in [0.15, 0.2) is 18.3 Å². The van der Waals surface area contributed by atoms with Gasteiger partial charge in [0.15, 0.2) is 0 Å². The van der Waals surface area contributed by atoms with Gasteiger partial charge in [0, 0.05) is 23.4 Å². The first-order valence-electron chi connectivity index (χ1n) is 7.23. The molecule has 0 aliphatic carbocycles. The first kappa shape index (κ1) is 16.1.